The van der Waals surface area contributed by atoms with E-state index in [-0.39, 0.29) is 5.91 Å². The molecule has 8 nitrogen and oxygen atoms in total. The molecule has 0 bridgehead atoms. The van der Waals surface area contributed by atoms with Gasteiger partial charge in [-0.15, -0.1) is 0 Å². The van der Waals surface area contributed by atoms with Gasteiger partial charge in [0.25, 0.3) is 5.91 Å². The van der Waals surface area contributed by atoms with Gasteiger partial charge in [-0.1, -0.05) is 18.2 Å². The molecule has 1 aliphatic heterocycles. The summed E-state index contributed by atoms with van der Waals surface area (Å²) in [6.45, 7) is 1.66. The van der Waals surface area contributed by atoms with Gasteiger partial charge >= 0.3 is 6.09 Å². The third-order valence-corrected chi connectivity index (χ3v) is 4.36. The van der Waals surface area contributed by atoms with Gasteiger partial charge in [0.2, 0.25) is 0 Å². The lowest BCUT2D eigenvalue weighted by atomic mass is 10.2. The molecule has 0 unspecified atom stereocenters. The molecule has 1 N–H and O–H groups in total. The third-order valence-electron chi connectivity index (χ3n) is 4.36. The number of para-hydroxylation sites is 1. The second kappa shape index (κ2) is 7.36. The van der Waals surface area contributed by atoms with Gasteiger partial charge in [0, 0.05) is 32.2 Å². The molecule has 1 saturated heterocycles. The zero-order valence-electron chi connectivity index (χ0n) is 14.5. The smallest absolute Gasteiger partial charge is 0.415 e. The Morgan fingerprint density at radius 3 is 2.44 bits per heavy atom. The number of carbonyl (C=O) groups is 2. The molecule has 0 atom stereocenters. The Hall–Kier alpha value is -3.55. The first kappa shape index (κ1) is 16.9. The van der Waals surface area contributed by atoms with Gasteiger partial charge in [-0.3, -0.25) is 9.89 Å². The largest absolute Gasteiger partial charge is 0.463 e. The minimum Gasteiger partial charge on any atom is -0.463 e. The topological polar surface area (TPSA) is 91.7 Å². The Labute approximate surface area is 155 Å². The second-order valence-corrected chi connectivity index (χ2v) is 6.10. The summed E-state index contributed by atoms with van der Waals surface area (Å²) in [5.41, 5.74) is 0.968. The number of benzene rings is 1. The Kier molecular flexibility index (Phi) is 4.61. The van der Waals surface area contributed by atoms with E-state index in [1.807, 2.05) is 6.07 Å². The molecule has 2 amide bonds. The fraction of sp³-hybridized carbons (Fsp3) is 0.211. The van der Waals surface area contributed by atoms with Gasteiger partial charge in [-0.2, -0.15) is 5.10 Å². The van der Waals surface area contributed by atoms with Crippen LogP contribution in [0.25, 0.3) is 11.5 Å². The van der Waals surface area contributed by atoms with E-state index in [9.17, 15) is 9.59 Å². The van der Waals surface area contributed by atoms with E-state index in [0.717, 1.165) is 0 Å². The van der Waals surface area contributed by atoms with Crippen molar-refractivity contribution in [1.29, 1.82) is 0 Å². The fourth-order valence-electron chi connectivity index (χ4n) is 2.90. The van der Waals surface area contributed by atoms with Crippen molar-refractivity contribution in [2.24, 2.45) is 0 Å². The molecular formula is C19H18N4O4. The number of hydrogen-bond acceptors (Lipinski definition) is 5. The normalized spacial score (nSPS) is 14.2. The van der Waals surface area contributed by atoms with Crippen LogP contribution in [-0.4, -0.2) is 58.2 Å². The van der Waals surface area contributed by atoms with Crippen molar-refractivity contribution in [1.82, 2.24) is 20.0 Å². The number of aromatic amines is 1. The molecule has 0 aliphatic carbocycles. The third kappa shape index (κ3) is 3.69. The summed E-state index contributed by atoms with van der Waals surface area (Å²) >= 11 is 0. The summed E-state index contributed by atoms with van der Waals surface area (Å²) in [5.74, 6) is 0.943. The van der Waals surface area contributed by atoms with E-state index >= 15 is 0 Å². The van der Waals surface area contributed by atoms with Gasteiger partial charge in [0.05, 0.1) is 6.26 Å². The molecule has 1 aromatic carbocycles. The maximum Gasteiger partial charge on any atom is 0.415 e. The number of furan rings is 1. The van der Waals surface area contributed by atoms with E-state index in [2.05, 4.69) is 10.2 Å². The van der Waals surface area contributed by atoms with Crippen molar-refractivity contribution in [3.8, 4) is 17.2 Å². The summed E-state index contributed by atoms with van der Waals surface area (Å²) < 4.78 is 10.6. The molecular weight excluding hydrogens is 348 g/mol. The lowest BCUT2D eigenvalue weighted by Gasteiger charge is -2.33. The van der Waals surface area contributed by atoms with E-state index in [0.29, 0.717) is 49.1 Å². The number of piperazine rings is 1. The van der Waals surface area contributed by atoms with Gasteiger partial charge in [0.1, 0.15) is 11.4 Å². The van der Waals surface area contributed by atoms with E-state index in [1.165, 1.54) is 0 Å². The van der Waals surface area contributed by atoms with Crippen LogP contribution in [0.5, 0.6) is 5.75 Å². The van der Waals surface area contributed by atoms with Crippen LogP contribution in [0.15, 0.2) is 59.2 Å². The maximum atomic E-state index is 12.6. The summed E-state index contributed by atoms with van der Waals surface area (Å²) in [7, 11) is 0. The van der Waals surface area contributed by atoms with Crippen LogP contribution >= 0.6 is 0 Å². The van der Waals surface area contributed by atoms with Crippen LogP contribution < -0.4 is 4.74 Å². The average molecular weight is 366 g/mol. The highest BCUT2D eigenvalue weighted by atomic mass is 16.6. The predicted molar refractivity (Wildman–Crippen MR) is 96.2 cm³/mol. The number of carbonyl (C=O) groups excluding carboxylic acids is 2. The number of amides is 2. The molecule has 4 rings (SSSR count). The molecule has 3 heterocycles. The zero-order valence-corrected chi connectivity index (χ0v) is 14.5. The Bertz CT molecular complexity index is 912. The molecule has 1 aliphatic rings. The molecule has 2 aromatic heterocycles. The number of H-pyrrole nitrogens is 1. The molecule has 0 spiro atoms. The van der Waals surface area contributed by atoms with Crippen molar-refractivity contribution < 1.29 is 18.7 Å². The standard InChI is InChI=1S/C19H18N4O4/c24-18(16-13-15(20-21-16)17-7-4-12-26-17)22-8-10-23(11-9-22)19(25)27-14-5-2-1-3-6-14/h1-7,12-13H,8-11H2,(H,20,21). The van der Waals surface area contributed by atoms with Crippen molar-refractivity contribution in [3.05, 3.63) is 60.5 Å². The Morgan fingerprint density at radius 2 is 1.74 bits per heavy atom. The molecule has 27 heavy (non-hydrogen) atoms. The number of nitrogens with one attached hydrogen (secondary N) is 1. The van der Waals surface area contributed by atoms with Crippen LogP contribution in [0.3, 0.4) is 0 Å². The fourth-order valence-corrected chi connectivity index (χ4v) is 2.90. The van der Waals surface area contributed by atoms with Crippen LogP contribution in [0.4, 0.5) is 4.79 Å². The molecule has 1 fully saturated rings. The first-order chi connectivity index (χ1) is 13.2. The van der Waals surface area contributed by atoms with E-state index < -0.39 is 6.09 Å². The summed E-state index contributed by atoms with van der Waals surface area (Å²) in [4.78, 5) is 28.1. The van der Waals surface area contributed by atoms with Gasteiger partial charge in [-0.05, 0) is 24.3 Å². The lowest BCUT2D eigenvalue weighted by molar-refractivity contribution is 0.0628. The number of nitrogens with zero attached hydrogens (tertiary/aromatic N) is 3. The van der Waals surface area contributed by atoms with Gasteiger partial charge < -0.3 is 19.0 Å². The van der Waals surface area contributed by atoms with Gasteiger partial charge in [-0.25, -0.2) is 4.79 Å². The Balaban J connectivity index is 1.33. The molecule has 0 saturated carbocycles. The number of hydrogen-bond donors (Lipinski definition) is 1. The first-order valence-corrected chi connectivity index (χ1v) is 8.61. The zero-order chi connectivity index (χ0) is 18.6. The number of ether oxygens (including phenoxy) is 1. The van der Waals surface area contributed by atoms with Crippen LogP contribution in [0.2, 0.25) is 0 Å². The van der Waals surface area contributed by atoms with Gasteiger partial charge in [0.15, 0.2) is 11.5 Å². The summed E-state index contributed by atoms with van der Waals surface area (Å²) in [5, 5.41) is 6.88. The molecule has 138 valence electrons. The summed E-state index contributed by atoms with van der Waals surface area (Å²) in [6.07, 6.45) is 1.15. The predicted octanol–water partition coefficient (Wildman–Crippen LogP) is 2.63. The van der Waals surface area contributed by atoms with Crippen molar-refractivity contribution in [3.63, 3.8) is 0 Å². The number of rotatable bonds is 3. The lowest BCUT2D eigenvalue weighted by Crippen LogP contribution is -2.51. The van der Waals surface area contributed by atoms with Crippen LogP contribution in [0, 0.1) is 0 Å². The minimum absolute atomic E-state index is 0.180. The summed E-state index contributed by atoms with van der Waals surface area (Å²) in [6, 6.07) is 14.1. The molecule has 3 aromatic rings. The SMILES string of the molecule is O=C(Oc1ccccc1)N1CCN(C(=O)c2cc(-c3ccco3)[nH]n2)CC1. The highest BCUT2D eigenvalue weighted by molar-refractivity contribution is 5.93. The van der Waals surface area contributed by atoms with E-state index in [4.69, 9.17) is 9.15 Å². The highest BCUT2D eigenvalue weighted by Crippen LogP contribution is 2.19. The molecule has 8 heteroatoms. The van der Waals surface area contributed by atoms with Crippen molar-refractivity contribution in [2.45, 2.75) is 0 Å². The van der Waals surface area contributed by atoms with Crippen LogP contribution in [0.1, 0.15) is 10.5 Å². The Morgan fingerprint density at radius 1 is 1.00 bits per heavy atom. The highest BCUT2D eigenvalue weighted by Gasteiger charge is 2.27. The van der Waals surface area contributed by atoms with Crippen molar-refractivity contribution in [2.75, 3.05) is 26.2 Å². The van der Waals surface area contributed by atoms with Crippen molar-refractivity contribution >= 4 is 12.0 Å². The molecule has 0 radical (unpaired) electrons. The number of aromatic nitrogens is 2. The van der Waals surface area contributed by atoms with Crippen LogP contribution in [-0.2, 0) is 0 Å². The second-order valence-electron chi connectivity index (χ2n) is 6.10. The first-order valence-electron chi connectivity index (χ1n) is 8.61. The minimum atomic E-state index is -0.409. The monoisotopic (exact) mass is 366 g/mol. The van der Waals surface area contributed by atoms with E-state index in [1.54, 1.807) is 58.5 Å². The average Bonchev–Trinajstić information content (AvgIpc) is 3.40. The maximum absolute atomic E-state index is 12.6. The quantitative estimate of drug-likeness (QED) is 0.769.